The van der Waals surface area contributed by atoms with Crippen LogP contribution in [0.5, 0.6) is 0 Å². The molecule has 0 saturated heterocycles. The molecule has 0 bridgehead atoms. The van der Waals surface area contributed by atoms with Crippen LogP contribution in [0, 0.1) is 0 Å². The number of halogens is 1. The molecule has 0 spiro atoms. The highest BCUT2D eigenvalue weighted by Gasteiger charge is 2.22. The second-order valence-electron chi connectivity index (χ2n) is 4.74. The number of carbonyl (C=O) groups excluding carboxylic acids is 2. The van der Waals surface area contributed by atoms with E-state index in [0.29, 0.717) is 10.4 Å². The first kappa shape index (κ1) is 14.8. The van der Waals surface area contributed by atoms with E-state index in [4.69, 9.17) is 9.15 Å². The van der Waals surface area contributed by atoms with Gasteiger partial charge in [0.05, 0.1) is 6.04 Å². The third-order valence-corrected chi connectivity index (χ3v) is 2.39. The van der Waals surface area contributed by atoms with E-state index in [1.165, 1.54) is 0 Å². The van der Waals surface area contributed by atoms with Gasteiger partial charge >= 0.3 is 6.09 Å². The Morgan fingerprint density at radius 2 is 2.22 bits per heavy atom. The maximum absolute atomic E-state index is 11.6. The zero-order valence-corrected chi connectivity index (χ0v) is 12.1. The number of hydrogen-bond donors (Lipinski definition) is 1. The predicted octanol–water partition coefficient (Wildman–Crippen LogP) is 3.20. The fraction of sp³-hybridized carbons (Fsp3) is 0.500. The molecule has 1 rings (SSSR count). The lowest BCUT2D eigenvalue weighted by atomic mass is 10.1. The smallest absolute Gasteiger partial charge is 0.408 e. The summed E-state index contributed by atoms with van der Waals surface area (Å²) in [6, 6.07) is 2.86. The number of aldehydes is 1. The molecule has 18 heavy (non-hydrogen) atoms. The number of carbonyl (C=O) groups is 2. The maximum Gasteiger partial charge on any atom is 0.408 e. The van der Waals surface area contributed by atoms with Crippen LogP contribution in [0.15, 0.2) is 21.2 Å². The lowest BCUT2D eigenvalue weighted by Crippen LogP contribution is -2.35. The Hall–Kier alpha value is -1.30. The molecule has 0 unspecified atom stereocenters. The molecule has 5 nitrogen and oxygen atoms in total. The van der Waals surface area contributed by atoms with Crippen LogP contribution in [-0.2, 0) is 9.53 Å². The van der Waals surface area contributed by atoms with Gasteiger partial charge in [0.15, 0.2) is 4.67 Å². The number of amides is 1. The van der Waals surface area contributed by atoms with Crippen molar-refractivity contribution in [2.24, 2.45) is 0 Å². The molecule has 1 N–H and O–H groups in total. The van der Waals surface area contributed by atoms with Crippen molar-refractivity contribution >= 4 is 28.3 Å². The fourth-order valence-corrected chi connectivity index (χ4v) is 1.63. The number of ether oxygens (including phenoxy) is 1. The average Bonchev–Trinajstić information content (AvgIpc) is 2.61. The van der Waals surface area contributed by atoms with Gasteiger partial charge in [-0.25, -0.2) is 4.79 Å². The van der Waals surface area contributed by atoms with Gasteiger partial charge in [-0.3, -0.25) is 0 Å². The van der Waals surface area contributed by atoms with Crippen molar-refractivity contribution in [3.05, 3.63) is 22.6 Å². The molecule has 1 aromatic heterocycles. The Labute approximate surface area is 114 Å². The van der Waals surface area contributed by atoms with Crippen molar-refractivity contribution in [3.63, 3.8) is 0 Å². The molecule has 1 heterocycles. The number of furan rings is 1. The van der Waals surface area contributed by atoms with Crippen LogP contribution in [0.2, 0.25) is 0 Å². The fourth-order valence-electron chi connectivity index (χ4n) is 1.31. The third-order valence-electron chi connectivity index (χ3n) is 1.96. The van der Waals surface area contributed by atoms with Crippen LogP contribution in [0.25, 0.3) is 0 Å². The van der Waals surface area contributed by atoms with Crippen LogP contribution in [0.1, 0.15) is 39.0 Å². The molecule has 100 valence electrons. The standard InChI is InChI=1S/C12H16BrNO4/c1-12(2,3)18-11(16)14-8(6-7-15)9-4-5-10(13)17-9/h4-5,7-8H,6H2,1-3H3,(H,14,16)/t8-/m1/s1. The summed E-state index contributed by atoms with van der Waals surface area (Å²) in [5.74, 6) is 0.500. The number of hydrogen-bond acceptors (Lipinski definition) is 4. The monoisotopic (exact) mass is 317 g/mol. The van der Waals surface area contributed by atoms with Gasteiger partial charge in [-0.2, -0.15) is 0 Å². The molecule has 1 aromatic rings. The van der Waals surface area contributed by atoms with Crippen LogP contribution in [0.4, 0.5) is 4.79 Å². The summed E-state index contributed by atoms with van der Waals surface area (Å²) in [7, 11) is 0. The summed E-state index contributed by atoms with van der Waals surface area (Å²) in [6.07, 6.45) is 0.263. The van der Waals surface area contributed by atoms with Gasteiger partial charge < -0.3 is 19.3 Å². The molecule has 6 heteroatoms. The highest BCUT2D eigenvalue weighted by atomic mass is 79.9. The van der Waals surface area contributed by atoms with Gasteiger partial charge in [0, 0.05) is 6.42 Å². The van der Waals surface area contributed by atoms with E-state index < -0.39 is 17.7 Å². The highest BCUT2D eigenvalue weighted by molar-refractivity contribution is 9.10. The molecular formula is C12H16BrNO4. The van der Waals surface area contributed by atoms with Crippen molar-refractivity contribution in [1.82, 2.24) is 5.32 Å². The van der Waals surface area contributed by atoms with Gasteiger partial charge in [0.1, 0.15) is 17.6 Å². The van der Waals surface area contributed by atoms with Crippen LogP contribution < -0.4 is 5.32 Å². The van der Waals surface area contributed by atoms with Gasteiger partial charge in [0.2, 0.25) is 0 Å². The van der Waals surface area contributed by atoms with E-state index in [2.05, 4.69) is 21.2 Å². The quantitative estimate of drug-likeness (QED) is 0.866. The Morgan fingerprint density at radius 3 is 2.67 bits per heavy atom. The van der Waals surface area contributed by atoms with Crippen LogP contribution >= 0.6 is 15.9 Å². The first-order chi connectivity index (χ1) is 8.31. The first-order valence-electron chi connectivity index (χ1n) is 5.50. The van der Waals surface area contributed by atoms with E-state index in [0.717, 1.165) is 6.29 Å². The highest BCUT2D eigenvalue weighted by Crippen LogP contribution is 2.22. The second kappa shape index (κ2) is 6.04. The largest absolute Gasteiger partial charge is 0.452 e. The molecule has 0 fully saturated rings. The van der Waals surface area contributed by atoms with Crippen molar-refractivity contribution in [2.45, 2.75) is 38.8 Å². The van der Waals surface area contributed by atoms with E-state index in [-0.39, 0.29) is 6.42 Å². The van der Waals surface area contributed by atoms with Crippen molar-refractivity contribution < 1.29 is 18.7 Å². The number of rotatable bonds is 4. The Morgan fingerprint density at radius 1 is 1.56 bits per heavy atom. The molecule has 0 saturated carbocycles. The van der Waals surface area contributed by atoms with Gasteiger partial charge in [-0.15, -0.1) is 0 Å². The zero-order chi connectivity index (χ0) is 13.8. The molecule has 0 aliphatic rings. The Bertz CT molecular complexity index is 422. The summed E-state index contributed by atoms with van der Waals surface area (Å²) in [6.45, 7) is 5.31. The summed E-state index contributed by atoms with van der Waals surface area (Å²) < 4.78 is 11.0. The number of nitrogens with one attached hydrogen (secondary N) is 1. The molecule has 1 amide bonds. The SMILES string of the molecule is CC(C)(C)OC(=O)N[C@H](CC=O)c1ccc(Br)o1. The predicted molar refractivity (Wildman–Crippen MR) is 69.2 cm³/mol. The van der Waals surface area contributed by atoms with Gasteiger partial charge in [-0.05, 0) is 48.8 Å². The molecule has 0 radical (unpaired) electrons. The third kappa shape index (κ3) is 4.91. The Balaban J connectivity index is 2.69. The van der Waals surface area contributed by atoms with E-state index in [1.807, 2.05) is 0 Å². The first-order valence-corrected chi connectivity index (χ1v) is 6.29. The average molecular weight is 318 g/mol. The molecule has 0 aromatic carbocycles. The van der Waals surface area contributed by atoms with Gasteiger partial charge in [-0.1, -0.05) is 0 Å². The molecule has 0 aliphatic heterocycles. The molecule has 0 aliphatic carbocycles. The molecule has 1 atom stereocenters. The minimum atomic E-state index is -0.584. The summed E-state index contributed by atoms with van der Waals surface area (Å²) in [5, 5.41) is 2.60. The van der Waals surface area contributed by atoms with E-state index >= 15 is 0 Å². The Kier molecular flexibility index (Phi) is 4.95. The van der Waals surface area contributed by atoms with Crippen molar-refractivity contribution in [2.75, 3.05) is 0 Å². The van der Waals surface area contributed by atoms with E-state index in [9.17, 15) is 9.59 Å². The topological polar surface area (TPSA) is 68.5 Å². The normalized spacial score (nSPS) is 12.9. The van der Waals surface area contributed by atoms with Crippen LogP contribution in [0.3, 0.4) is 0 Å². The van der Waals surface area contributed by atoms with Crippen molar-refractivity contribution in [1.29, 1.82) is 0 Å². The lowest BCUT2D eigenvalue weighted by Gasteiger charge is -2.22. The van der Waals surface area contributed by atoms with Crippen molar-refractivity contribution in [3.8, 4) is 0 Å². The molecular weight excluding hydrogens is 302 g/mol. The second-order valence-corrected chi connectivity index (χ2v) is 5.52. The summed E-state index contributed by atoms with van der Waals surface area (Å²) >= 11 is 3.17. The number of alkyl carbamates (subject to hydrolysis) is 1. The minimum absolute atomic E-state index is 0.124. The van der Waals surface area contributed by atoms with E-state index in [1.54, 1.807) is 32.9 Å². The summed E-state index contributed by atoms with van der Waals surface area (Å²) in [5.41, 5.74) is -0.584. The maximum atomic E-state index is 11.6. The summed E-state index contributed by atoms with van der Waals surface area (Å²) in [4.78, 5) is 22.2. The van der Waals surface area contributed by atoms with Gasteiger partial charge in [0.25, 0.3) is 0 Å². The minimum Gasteiger partial charge on any atom is -0.452 e. The van der Waals surface area contributed by atoms with Crippen LogP contribution in [-0.4, -0.2) is 18.0 Å². The lowest BCUT2D eigenvalue weighted by molar-refractivity contribution is -0.108. The zero-order valence-electron chi connectivity index (χ0n) is 10.5.